The average Bonchev–Trinajstić information content (AvgIpc) is 2.77. The van der Waals surface area contributed by atoms with Crippen molar-refractivity contribution in [1.82, 2.24) is 10.4 Å². The molecule has 1 aromatic carbocycles. The molecule has 7 N–H and O–H groups in total. The standard InChI is InChI=1S/C24H29N3O8/c1-4-35-26-9-10-5-6-14(28)16-12(10)7-11-8-13-18(27(2)3)20(30)17(23(25)33)22(32)24(13,34)21(31)15(11)19(16)29/h5-6,11,13,18,26,28-29,32,34H,4,7-9H2,1-3H3,(H2,25,33)/t11?,13?,18-,24+/m1/s1. The second-order valence-electron chi connectivity index (χ2n) is 9.31. The van der Waals surface area contributed by atoms with Crippen molar-refractivity contribution in [3.8, 4) is 5.75 Å². The predicted octanol–water partition coefficient (Wildman–Crippen LogP) is 0.00510. The first-order chi connectivity index (χ1) is 16.5. The highest BCUT2D eigenvalue weighted by Crippen LogP contribution is 2.52. The van der Waals surface area contributed by atoms with Crippen LogP contribution in [0.4, 0.5) is 0 Å². The number of phenols is 1. The minimum atomic E-state index is -2.64. The normalized spacial score (nSPS) is 28.2. The molecule has 11 heteroatoms. The van der Waals surface area contributed by atoms with Gasteiger partial charge in [-0.05, 0) is 57.0 Å². The van der Waals surface area contributed by atoms with E-state index in [1.807, 2.05) is 6.92 Å². The van der Waals surface area contributed by atoms with Crippen LogP contribution in [0, 0.1) is 11.8 Å². The summed E-state index contributed by atoms with van der Waals surface area (Å²) in [5, 5.41) is 44.1. The summed E-state index contributed by atoms with van der Waals surface area (Å²) in [5.41, 5.74) is 5.84. The summed E-state index contributed by atoms with van der Waals surface area (Å²) >= 11 is 0. The molecule has 1 fully saturated rings. The van der Waals surface area contributed by atoms with Gasteiger partial charge in [-0.2, -0.15) is 5.48 Å². The number of nitrogens with zero attached hydrogens (tertiary/aromatic N) is 1. The van der Waals surface area contributed by atoms with Crippen molar-refractivity contribution < 1.29 is 39.6 Å². The van der Waals surface area contributed by atoms with Crippen LogP contribution < -0.4 is 11.2 Å². The van der Waals surface area contributed by atoms with Gasteiger partial charge in [0.05, 0.1) is 18.2 Å². The van der Waals surface area contributed by atoms with E-state index in [0.717, 1.165) is 5.56 Å². The second-order valence-corrected chi connectivity index (χ2v) is 9.31. The number of hydroxylamine groups is 1. The second kappa shape index (κ2) is 8.76. The molecule has 11 nitrogen and oxygen atoms in total. The summed E-state index contributed by atoms with van der Waals surface area (Å²) in [7, 11) is 3.12. The molecule has 3 aliphatic rings. The van der Waals surface area contributed by atoms with E-state index in [2.05, 4.69) is 5.48 Å². The molecule has 0 saturated heterocycles. The van der Waals surface area contributed by atoms with Crippen molar-refractivity contribution in [2.75, 3.05) is 20.7 Å². The fraction of sp³-hybridized carbons (Fsp3) is 0.458. The number of benzene rings is 1. The highest BCUT2D eigenvalue weighted by atomic mass is 16.6. The van der Waals surface area contributed by atoms with Crippen LogP contribution in [0.3, 0.4) is 0 Å². The Kier molecular flexibility index (Phi) is 6.22. The molecule has 1 saturated carbocycles. The molecule has 188 valence electrons. The average molecular weight is 488 g/mol. The molecule has 0 bridgehead atoms. The molecule has 0 aromatic heterocycles. The lowest BCUT2D eigenvalue weighted by Gasteiger charge is -2.50. The Bertz CT molecular complexity index is 1190. The number of phenolic OH excluding ortho intramolecular Hbond substituents is 1. The number of likely N-dealkylation sites (N-methyl/N-ethyl adjacent to an activating group) is 1. The molecule has 2 unspecified atom stereocenters. The number of aliphatic hydroxyl groups is 3. The fourth-order valence-electron chi connectivity index (χ4n) is 5.70. The molecule has 1 amide bonds. The minimum Gasteiger partial charge on any atom is -0.508 e. The Morgan fingerprint density at radius 3 is 2.54 bits per heavy atom. The lowest BCUT2D eigenvalue weighted by Crippen LogP contribution is -2.65. The summed E-state index contributed by atoms with van der Waals surface area (Å²) < 4.78 is 0. The Morgan fingerprint density at radius 1 is 1.26 bits per heavy atom. The van der Waals surface area contributed by atoms with Crippen molar-refractivity contribution in [3.05, 3.63) is 45.7 Å². The minimum absolute atomic E-state index is 0.0414. The largest absolute Gasteiger partial charge is 0.508 e. The smallest absolute Gasteiger partial charge is 0.255 e. The third kappa shape index (κ3) is 3.54. The number of nitrogens with one attached hydrogen (secondary N) is 1. The topological polar surface area (TPSA) is 183 Å². The molecule has 0 spiro atoms. The maximum Gasteiger partial charge on any atom is 0.255 e. The van der Waals surface area contributed by atoms with Crippen LogP contribution in [0.15, 0.2) is 29.0 Å². The van der Waals surface area contributed by atoms with Gasteiger partial charge in [-0.1, -0.05) is 6.07 Å². The summed E-state index contributed by atoms with van der Waals surface area (Å²) in [6.07, 6.45) is 0.270. The number of carbonyl (C=O) groups excluding carboxylic acids is 3. The van der Waals surface area contributed by atoms with E-state index in [4.69, 9.17) is 10.6 Å². The van der Waals surface area contributed by atoms with Gasteiger partial charge in [0.25, 0.3) is 5.91 Å². The molecule has 3 aliphatic carbocycles. The summed E-state index contributed by atoms with van der Waals surface area (Å²) in [6.45, 7) is 2.52. The number of nitrogens with two attached hydrogens (primary N) is 1. The SMILES string of the molecule is CCONCc1ccc(O)c2c1CC1CC3[C@@H](N(C)C)C(=O)C(C(N)=O)=C(O)[C@@]3(O)C(=O)C1=C2O. The maximum absolute atomic E-state index is 13.7. The number of hydrogen-bond acceptors (Lipinski definition) is 10. The molecular formula is C24H29N3O8. The van der Waals surface area contributed by atoms with Crippen molar-refractivity contribution in [1.29, 1.82) is 0 Å². The van der Waals surface area contributed by atoms with Gasteiger partial charge in [0.2, 0.25) is 5.78 Å². The van der Waals surface area contributed by atoms with E-state index in [9.17, 15) is 34.8 Å². The third-order valence-electron chi connectivity index (χ3n) is 7.21. The van der Waals surface area contributed by atoms with Crippen LogP contribution in [-0.2, 0) is 32.2 Å². The summed E-state index contributed by atoms with van der Waals surface area (Å²) in [4.78, 5) is 45.5. The Morgan fingerprint density at radius 2 is 1.94 bits per heavy atom. The number of carbonyl (C=O) groups is 3. The van der Waals surface area contributed by atoms with E-state index >= 15 is 0 Å². The molecule has 4 rings (SSSR count). The number of aliphatic hydroxyl groups excluding tert-OH is 2. The Labute approximate surface area is 201 Å². The predicted molar refractivity (Wildman–Crippen MR) is 123 cm³/mol. The summed E-state index contributed by atoms with van der Waals surface area (Å²) in [5.74, 6) is -6.69. The first kappa shape index (κ1) is 24.9. The van der Waals surface area contributed by atoms with Crippen molar-refractivity contribution in [2.45, 2.75) is 38.0 Å². The van der Waals surface area contributed by atoms with Gasteiger partial charge in [-0.15, -0.1) is 0 Å². The van der Waals surface area contributed by atoms with Gasteiger partial charge >= 0.3 is 0 Å². The van der Waals surface area contributed by atoms with E-state index in [1.54, 1.807) is 20.2 Å². The monoisotopic (exact) mass is 487 g/mol. The Hall–Kier alpha value is -3.25. The number of hydrogen-bond donors (Lipinski definition) is 6. The number of aromatic hydroxyl groups is 1. The van der Waals surface area contributed by atoms with Crippen LogP contribution >= 0.6 is 0 Å². The van der Waals surface area contributed by atoms with Crippen molar-refractivity contribution in [2.24, 2.45) is 17.6 Å². The molecule has 35 heavy (non-hydrogen) atoms. The maximum atomic E-state index is 13.7. The van der Waals surface area contributed by atoms with Gasteiger partial charge in [-0.3, -0.25) is 19.3 Å². The van der Waals surface area contributed by atoms with Crippen LogP contribution in [-0.4, -0.2) is 75.1 Å². The molecule has 0 radical (unpaired) electrons. The van der Waals surface area contributed by atoms with Crippen molar-refractivity contribution >= 4 is 23.2 Å². The van der Waals surface area contributed by atoms with Gasteiger partial charge < -0.3 is 31.0 Å². The van der Waals surface area contributed by atoms with Crippen molar-refractivity contribution in [3.63, 3.8) is 0 Å². The lowest BCUT2D eigenvalue weighted by atomic mass is 9.57. The zero-order valence-corrected chi connectivity index (χ0v) is 19.7. The number of ketones is 2. The molecule has 1 aromatic rings. The van der Waals surface area contributed by atoms with E-state index in [-0.39, 0.29) is 36.3 Å². The van der Waals surface area contributed by atoms with Gasteiger partial charge in [0, 0.05) is 18.0 Å². The van der Waals surface area contributed by atoms with Gasteiger partial charge in [-0.25, -0.2) is 0 Å². The molecule has 0 heterocycles. The summed E-state index contributed by atoms with van der Waals surface area (Å²) in [6, 6.07) is 1.95. The number of fused-ring (bicyclic) bond motifs is 3. The first-order valence-electron chi connectivity index (χ1n) is 11.3. The van der Waals surface area contributed by atoms with Gasteiger partial charge in [0.15, 0.2) is 11.4 Å². The van der Waals surface area contributed by atoms with Gasteiger partial charge in [0.1, 0.15) is 22.8 Å². The zero-order valence-electron chi connectivity index (χ0n) is 19.7. The lowest BCUT2D eigenvalue weighted by molar-refractivity contribution is -0.153. The number of Topliss-reactive ketones (excluding diaryl/α,β-unsaturated/α-hetero) is 2. The van der Waals surface area contributed by atoms with Crippen LogP contribution in [0.25, 0.3) is 5.76 Å². The van der Waals surface area contributed by atoms with E-state index in [1.165, 1.54) is 11.0 Å². The quantitative estimate of drug-likeness (QED) is 0.181. The number of primary amides is 1. The molecule has 4 atom stereocenters. The zero-order chi connectivity index (χ0) is 25.8. The van der Waals surface area contributed by atoms with E-state index in [0.29, 0.717) is 12.2 Å². The fourth-order valence-corrected chi connectivity index (χ4v) is 5.70. The first-order valence-corrected chi connectivity index (χ1v) is 11.3. The highest BCUT2D eigenvalue weighted by Gasteiger charge is 2.64. The third-order valence-corrected chi connectivity index (χ3v) is 7.21. The number of amides is 1. The Balaban J connectivity index is 1.91. The van der Waals surface area contributed by atoms with Crippen LogP contribution in [0.2, 0.25) is 0 Å². The molecule has 0 aliphatic heterocycles. The van der Waals surface area contributed by atoms with Crippen LogP contribution in [0.1, 0.15) is 30.0 Å². The highest BCUT2D eigenvalue weighted by molar-refractivity contribution is 6.24. The molecular weight excluding hydrogens is 458 g/mol. The number of rotatable bonds is 6. The van der Waals surface area contributed by atoms with Crippen LogP contribution in [0.5, 0.6) is 5.75 Å². The van der Waals surface area contributed by atoms with E-state index < -0.39 is 58.0 Å².